The van der Waals surface area contributed by atoms with Crippen LogP contribution in [0.4, 0.5) is 4.79 Å². The van der Waals surface area contributed by atoms with Gasteiger partial charge in [-0.1, -0.05) is 36.6 Å². The summed E-state index contributed by atoms with van der Waals surface area (Å²) in [5.41, 5.74) is 0.675. The van der Waals surface area contributed by atoms with Crippen LogP contribution in [-0.2, 0) is 10.0 Å². The van der Waals surface area contributed by atoms with Crippen LogP contribution >= 0.6 is 0 Å². The fraction of sp³-hybridized carbons (Fsp3) is 0.474. The number of nitrogens with zero attached hydrogens (tertiary/aromatic N) is 2. The Kier molecular flexibility index (Phi) is 6.70. The maximum Gasteiger partial charge on any atom is 0.328 e. The van der Waals surface area contributed by atoms with E-state index in [2.05, 4.69) is 25.5 Å². The van der Waals surface area contributed by atoms with E-state index in [0.717, 1.165) is 32.1 Å². The summed E-state index contributed by atoms with van der Waals surface area (Å²) in [6.45, 7) is 3.32. The topological polar surface area (TPSA) is 143 Å². The van der Waals surface area contributed by atoms with Gasteiger partial charge in [-0.25, -0.2) is 17.9 Å². The summed E-state index contributed by atoms with van der Waals surface area (Å²) in [5.74, 6) is -0.300. The van der Waals surface area contributed by atoms with Crippen LogP contribution in [0.15, 0.2) is 33.7 Å². The summed E-state index contributed by atoms with van der Waals surface area (Å²) in [7, 11) is -4.00. The van der Waals surface area contributed by atoms with Crippen molar-refractivity contribution in [2.24, 2.45) is 0 Å². The van der Waals surface area contributed by atoms with E-state index in [1.165, 1.54) is 12.1 Å². The first-order chi connectivity index (χ1) is 14.2. The van der Waals surface area contributed by atoms with Crippen LogP contribution in [0.5, 0.6) is 0 Å². The lowest BCUT2D eigenvalue weighted by Crippen LogP contribution is -2.45. The van der Waals surface area contributed by atoms with Crippen LogP contribution in [0.25, 0.3) is 0 Å². The molecule has 2 aromatic rings. The maximum atomic E-state index is 12.5. The standard InChI is InChI=1S/C19H25N5O5S/c1-12(20-18(25)17-21-13(2)29-23-17)14-8-10-16(11-9-14)30(27,28)24-19(26)22-15-6-4-3-5-7-15/h8-12,15H,3-7H2,1-2H3,(H,20,25)(H2,22,24,26). The lowest BCUT2D eigenvalue weighted by Gasteiger charge is -2.22. The number of carbonyl (C=O) groups excluding carboxylic acids is 2. The Morgan fingerprint density at radius 1 is 1.13 bits per heavy atom. The quantitative estimate of drug-likeness (QED) is 0.631. The molecule has 30 heavy (non-hydrogen) atoms. The van der Waals surface area contributed by atoms with Gasteiger partial charge in [-0.2, -0.15) is 4.98 Å². The second-order valence-corrected chi connectivity index (χ2v) is 9.00. The van der Waals surface area contributed by atoms with Crippen molar-refractivity contribution in [2.75, 3.05) is 0 Å². The molecule has 1 aliphatic rings. The number of hydrogen-bond donors (Lipinski definition) is 3. The number of aromatic nitrogens is 2. The lowest BCUT2D eigenvalue weighted by atomic mass is 9.96. The molecular formula is C19H25N5O5S. The fourth-order valence-corrected chi connectivity index (χ4v) is 4.23. The lowest BCUT2D eigenvalue weighted by molar-refractivity contribution is 0.0926. The van der Waals surface area contributed by atoms with Gasteiger partial charge in [0.2, 0.25) is 5.89 Å². The normalized spacial score (nSPS) is 15.9. The van der Waals surface area contributed by atoms with E-state index in [-0.39, 0.29) is 22.7 Å². The first-order valence-corrected chi connectivity index (χ1v) is 11.3. The van der Waals surface area contributed by atoms with E-state index in [1.807, 2.05) is 0 Å². The van der Waals surface area contributed by atoms with Gasteiger partial charge in [-0.15, -0.1) is 0 Å². The van der Waals surface area contributed by atoms with Gasteiger partial charge in [0, 0.05) is 13.0 Å². The molecule has 0 aliphatic heterocycles. The molecule has 1 unspecified atom stereocenters. The van der Waals surface area contributed by atoms with Gasteiger partial charge in [0.25, 0.3) is 21.8 Å². The highest BCUT2D eigenvalue weighted by molar-refractivity contribution is 7.90. The molecule has 0 saturated heterocycles. The van der Waals surface area contributed by atoms with Crippen molar-refractivity contribution < 1.29 is 22.5 Å². The van der Waals surface area contributed by atoms with Gasteiger partial charge in [0.15, 0.2) is 0 Å². The van der Waals surface area contributed by atoms with Crippen molar-refractivity contribution in [3.05, 3.63) is 41.5 Å². The van der Waals surface area contributed by atoms with E-state index in [4.69, 9.17) is 4.52 Å². The zero-order chi connectivity index (χ0) is 21.7. The molecule has 0 radical (unpaired) electrons. The first-order valence-electron chi connectivity index (χ1n) is 9.79. The van der Waals surface area contributed by atoms with Crippen molar-refractivity contribution in [2.45, 2.75) is 62.9 Å². The van der Waals surface area contributed by atoms with Gasteiger partial charge >= 0.3 is 6.03 Å². The maximum absolute atomic E-state index is 12.5. The number of urea groups is 1. The van der Waals surface area contributed by atoms with Gasteiger partial charge in [-0.3, -0.25) is 4.79 Å². The summed E-state index contributed by atoms with van der Waals surface area (Å²) in [6, 6.07) is 4.76. The molecule has 1 aromatic heterocycles. The van der Waals surface area contributed by atoms with Gasteiger partial charge in [-0.05, 0) is 37.5 Å². The van der Waals surface area contributed by atoms with Crippen LogP contribution in [0.3, 0.4) is 0 Å². The molecule has 1 saturated carbocycles. The SMILES string of the molecule is Cc1nc(C(=O)NC(C)c2ccc(S(=O)(=O)NC(=O)NC3CCCCC3)cc2)no1. The average Bonchev–Trinajstić information content (AvgIpc) is 3.15. The van der Waals surface area contributed by atoms with E-state index in [1.54, 1.807) is 26.0 Å². The number of carbonyl (C=O) groups is 2. The van der Waals surface area contributed by atoms with Gasteiger partial charge < -0.3 is 15.2 Å². The van der Waals surface area contributed by atoms with E-state index in [0.29, 0.717) is 5.56 Å². The smallest absolute Gasteiger partial charge is 0.328 e. The number of aryl methyl sites for hydroxylation is 1. The number of benzene rings is 1. The van der Waals surface area contributed by atoms with E-state index in [9.17, 15) is 18.0 Å². The van der Waals surface area contributed by atoms with E-state index >= 15 is 0 Å². The molecule has 1 aromatic carbocycles. The number of hydrogen-bond acceptors (Lipinski definition) is 7. The van der Waals surface area contributed by atoms with Crippen molar-refractivity contribution in [3.8, 4) is 0 Å². The minimum Gasteiger partial charge on any atom is -0.343 e. The third-order valence-corrected chi connectivity index (χ3v) is 6.28. The molecule has 3 rings (SSSR count). The predicted molar refractivity (Wildman–Crippen MR) is 107 cm³/mol. The number of amides is 3. The molecule has 1 atom stereocenters. The zero-order valence-electron chi connectivity index (χ0n) is 16.8. The third-order valence-electron chi connectivity index (χ3n) is 4.94. The van der Waals surface area contributed by atoms with Crippen molar-refractivity contribution in [3.63, 3.8) is 0 Å². The average molecular weight is 436 g/mol. The Morgan fingerprint density at radius 3 is 2.40 bits per heavy atom. The minimum atomic E-state index is -4.00. The Balaban J connectivity index is 1.59. The number of sulfonamides is 1. The highest BCUT2D eigenvalue weighted by Gasteiger charge is 2.22. The molecule has 0 bridgehead atoms. The number of nitrogens with one attached hydrogen (secondary N) is 3. The number of rotatable bonds is 6. The molecule has 11 heteroatoms. The van der Waals surface area contributed by atoms with Gasteiger partial charge in [0.1, 0.15) is 0 Å². The van der Waals surface area contributed by atoms with Crippen molar-refractivity contribution in [1.82, 2.24) is 25.5 Å². The summed E-state index contributed by atoms with van der Waals surface area (Å²) < 4.78 is 31.8. The predicted octanol–water partition coefficient (Wildman–Crippen LogP) is 2.19. The highest BCUT2D eigenvalue weighted by Crippen LogP contribution is 2.18. The molecule has 3 N–H and O–H groups in total. The van der Waals surface area contributed by atoms with Crippen LogP contribution < -0.4 is 15.4 Å². The molecule has 0 spiro atoms. The molecule has 1 heterocycles. The van der Waals surface area contributed by atoms with Crippen molar-refractivity contribution in [1.29, 1.82) is 0 Å². The summed E-state index contributed by atoms with van der Waals surface area (Å²) in [4.78, 5) is 28.0. The van der Waals surface area contributed by atoms with Gasteiger partial charge in [0.05, 0.1) is 10.9 Å². The second kappa shape index (κ2) is 9.24. The zero-order valence-corrected chi connectivity index (χ0v) is 17.7. The van der Waals surface area contributed by atoms with Crippen molar-refractivity contribution >= 4 is 22.0 Å². The summed E-state index contributed by atoms with van der Waals surface area (Å²) >= 11 is 0. The summed E-state index contributed by atoms with van der Waals surface area (Å²) in [5, 5.41) is 8.98. The molecular weight excluding hydrogens is 410 g/mol. The van der Waals surface area contributed by atoms with E-state index < -0.39 is 28.0 Å². The Bertz CT molecular complexity index is 997. The first kappa shape index (κ1) is 21.8. The highest BCUT2D eigenvalue weighted by atomic mass is 32.2. The largest absolute Gasteiger partial charge is 0.343 e. The molecule has 1 aliphatic carbocycles. The van der Waals surface area contributed by atoms with Crippen LogP contribution in [0.2, 0.25) is 0 Å². The molecule has 1 fully saturated rings. The van der Waals surface area contributed by atoms with Crippen LogP contribution in [0.1, 0.15) is 67.1 Å². The van der Waals surface area contributed by atoms with Crippen LogP contribution in [0, 0.1) is 6.92 Å². The van der Waals surface area contributed by atoms with Crippen LogP contribution in [-0.4, -0.2) is 36.5 Å². The molecule has 162 valence electrons. The third kappa shape index (κ3) is 5.56. The molecule has 10 nitrogen and oxygen atoms in total. The molecule has 3 amide bonds. The minimum absolute atomic E-state index is 0.00350. The Morgan fingerprint density at radius 2 is 1.80 bits per heavy atom. The summed E-state index contributed by atoms with van der Waals surface area (Å²) in [6.07, 6.45) is 4.91. The Labute approximate surface area is 174 Å². The Hall–Kier alpha value is -2.95. The monoisotopic (exact) mass is 435 g/mol. The fourth-order valence-electron chi connectivity index (χ4n) is 3.31. The second-order valence-electron chi connectivity index (χ2n) is 7.32.